The van der Waals surface area contributed by atoms with Crippen LogP contribution in [0.5, 0.6) is 0 Å². The molecule has 0 radical (unpaired) electrons. The minimum absolute atomic E-state index is 0.00458. The van der Waals surface area contributed by atoms with E-state index in [0.717, 1.165) is 12.1 Å². The number of hydrogen-bond donors (Lipinski definition) is 1. The maximum atomic E-state index is 13.5. The highest BCUT2D eigenvalue weighted by atomic mass is 32.2. The van der Waals surface area contributed by atoms with E-state index in [4.69, 9.17) is 0 Å². The van der Waals surface area contributed by atoms with Gasteiger partial charge in [-0.25, -0.2) is 12.8 Å². The monoisotopic (exact) mass is 311 g/mol. The van der Waals surface area contributed by atoms with Crippen molar-refractivity contribution in [3.05, 3.63) is 29.6 Å². The number of alkyl halides is 3. The Morgan fingerprint density at radius 1 is 1.30 bits per heavy atom. The van der Waals surface area contributed by atoms with Gasteiger partial charge < -0.3 is 5.32 Å². The van der Waals surface area contributed by atoms with Crippen LogP contribution in [0, 0.1) is 5.82 Å². The zero-order chi connectivity index (χ0) is 15.0. The Hall–Kier alpha value is -1.31. The molecule has 2 rings (SSSR count). The van der Waals surface area contributed by atoms with Crippen LogP contribution in [0.4, 0.5) is 23.2 Å². The van der Waals surface area contributed by atoms with E-state index in [9.17, 15) is 26.0 Å². The number of nitrogens with one attached hydrogen (secondary N) is 1. The summed E-state index contributed by atoms with van der Waals surface area (Å²) in [5, 5.41) is 1.96. The van der Waals surface area contributed by atoms with E-state index in [2.05, 4.69) is 5.32 Å². The van der Waals surface area contributed by atoms with Gasteiger partial charge >= 0.3 is 6.18 Å². The molecule has 1 heterocycles. The summed E-state index contributed by atoms with van der Waals surface area (Å²) in [7, 11) is -3.17. The second kappa shape index (κ2) is 5.23. The summed E-state index contributed by atoms with van der Waals surface area (Å²) in [4.78, 5) is 0. The summed E-state index contributed by atoms with van der Waals surface area (Å²) in [5.41, 5.74) is -1.20. The molecule has 8 heteroatoms. The van der Waals surface area contributed by atoms with Crippen LogP contribution >= 0.6 is 0 Å². The van der Waals surface area contributed by atoms with E-state index in [-0.39, 0.29) is 18.0 Å². The van der Waals surface area contributed by atoms with Gasteiger partial charge in [-0.15, -0.1) is 0 Å². The first-order valence-corrected chi connectivity index (χ1v) is 7.74. The third-order valence-corrected chi connectivity index (χ3v) is 5.56. The van der Waals surface area contributed by atoms with Crippen molar-refractivity contribution >= 4 is 15.5 Å². The Bertz CT molecular complexity index is 598. The molecule has 1 aromatic rings. The molecule has 0 aliphatic carbocycles. The van der Waals surface area contributed by atoms with Gasteiger partial charge in [0.05, 0.1) is 22.3 Å². The van der Waals surface area contributed by atoms with Gasteiger partial charge in [0.1, 0.15) is 5.82 Å². The van der Waals surface area contributed by atoms with Crippen molar-refractivity contribution in [2.24, 2.45) is 0 Å². The van der Waals surface area contributed by atoms with Gasteiger partial charge in [0, 0.05) is 6.54 Å². The summed E-state index contributed by atoms with van der Waals surface area (Å²) in [6.07, 6.45) is -3.56. The van der Waals surface area contributed by atoms with Crippen molar-refractivity contribution in [2.45, 2.75) is 24.3 Å². The summed E-state index contributed by atoms with van der Waals surface area (Å²) in [6, 6.07) is 2.12. The van der Waals surface area contributed by atoms with E-state index >= 15 is 0 Å². The summed E-state index contributed by atoms with van der Waals surface area (Å²) in [6.45, 7) is 0.00458. The standard InChI is InChI=1S/C12H13F4NO2S/c13-10-6-8(12(14,15)16)3-4-11(10)17-7-9-2-1-5-20(9,18)19/h3-4,6,9,17H,1-2,5,7H2. The molecule has 1 atom stereocenters. The Labute approximate surface area is 113 Å². The van der Waals surface area contributed by atoms with Gasteiger partial charge in [0.2, 0.25) is 0 Å². The van der Waals surface area contributed by atoms with Crippen LogP contribution in [-0.2, 0) is 16.0 Å². The molecule has 0 amide bonds. The largest absolute Gasteiger partial charge is 0.416 e. The van der Waals surface area contributed by atoms with Gasteiger partial charge in [-0.3, -0.25) is 0 Å². The molecule has 1 aliphatic heterocycles. The van der Waals surface area contributed by atoms with Crippen molar-refractivity contribution in [2.75, 3.05) is 17.6 Å². The lowest BCUT2D eigenvalue weighted by Gasteiger charge is -2.14. The van der Waals surface area contributed by atoms with E-state index in [1.807, 2.05) is 0 Å². The predicted molar refractivity (Wildman–Crippen MR) is 66.7 cm³/mol. The number of sulfone groups is 1. The fourth-order valence-electron chi connectivity index (χ4n) is 2.15. The topological polar surface area (TPSA) is 46.2 Å². The molecule has 1 aliphatic rings. The van der Waals surface area contributed by atoms with Crippen LogP contribution in [0.15, 0.2) is 18.2 Å². The average Bonchev–Trinajstić information content (AvgIpc) is 2.65. The highest BCUT2D eigenvalue weighted by molar-refractivity contribution is 7.92. The van der Waals surface area contributed by atoms with E-state index < -0.39 is 32.6 Å². The first kappa shape index (κ1) is 15.1. The fraction of sp³-hybridized carbons (Fsp3) is 0.500. The third kappa shape index (κ3) is 3.23. The van der Waals surface area contributed by atoms with E-state index in [1.165, 1.54) is 0 Å². The van der Waals surface area contributed by atoms with Crippen molar-refractivity contribution in [1.29, 1.82) is 0 Å². The normalized spacial score (nSPS) is 21.9. The van der Waals surface area contributed by atoms with Crippen LogP contribution in [0.2, 0.25) is 0 Å². The average molecular weight is 311 g/mol. The second-order valence-corrected chi connectivity index (χ2v) is 7.11. The SMILES string of the molecule is O=S1(=O)CCCC1CNc1ccc(C(F)(F)F)cc1F. The Kier molecular flexibility index (Phi) is 3.95. The molecule has 1 unspecified atom stereocenters. The van der Waals surface area contributed by atoms with Crippen LogP contribution in [0.25, 0.3) is 0 Å². The van der Waals surface area contributed by atoms with Crippen LogP contribution in [-0.4, -0.2) is 26.0 Å². The van der Waals surface area contributed by atoms with Gasteiger partial charge in [0.15, 0.2) is 9.84 Å². The molecule has 112 valence electrons. The van der Waals surface area contributed by atoms with Crippen molar-refractivity contribution in [1.82, 2.24) is 0 Å². The Balaban J connectivity index is 2.08. The molecule has 0 spiro atoms. The molecule has 0 aromatic heterocycles. The van der Waals surface area contributed by atoms with Gasteiger partial charge in [0.25, 0.3) is 0 Å². The smallest absolute Gasteiger partial charge is 0.381 e. The number of benzene rings is 1. The zero-order valence-electron chi connectivity index (χ0n) is 10.4. The van der Waals surface area contributed by atoms with Crippen LogP contribution in [0.1, 0.15) is 18.4 Å². The highest BCUT2D eigenvalue weighted by Crippen LogP contribution is 2.31. The highest BCUT2D eigenvalue weighted by Gasteiger charge is 2.32. The molecule has 1 fully saturated rings. The summed E-state index contributed by atoms with van der Waals surface area (Å²) in [5.74, 6) is -0.940. The number of anilines is 1. The molecule has 0 bridgehead atoms. The van der Waals surface area contributed by atoms with E-state index in [0.29, 0.717) is 18.9 Å². The minimum Gasteiger partial charge on any atom is -0.381 e. The molecule has 3 nitrogen and oxygen atoms in total. The fourth-order valence-corrected chi connectivity index (χ4v) is 3.91. The van der Waals surface area contributed by atoms with E-state index in [1.54, 1.807) is 0 Å². The molecule has 1 N–H and O–H groups in total. The Morgan fingerprint density at radius 3 is 2.50 bits per heavy atom. The van der Waals surface area contributed by atoms with Crippen molar-refractivity contribution in [3.8, 4) is 0 Å². The lowest BCUT2D eigenvalue weighted by molar-refractivity contribution is -0.137. The molecular weight excluding hydrogens is 298 g/mol. The zero-order valence-corrected chi connectivity index (χ0v) is 11.2. The maximum absolute atomic E-state index is 13.5. The number of rotatable bonds is 3. The Morgan fingerprint density at radius 2 is 2.00 bits per heavy atom. The lowest BCUT2D eigenvalue weighted by Crippen LogP contribution is -2.25. The molecule has 20 heavy (non-hydrogen) atoms. The second-order valence-electron chi connectivity index (χ2n) is 4.70. The third-order valence-electron chi connectivity index (χ3n) is 3.28. The first-order valence-electron chi connectivity index (χ1n) is 6.02. The van der Waals surface area contributed by atoms with Crippen molar-refractivity contribution in [3.63, 3.8) is 0 Å². The molecular formula is C12H13F4NO2S. The number of hydrogen-bond acceptors (Lipinski definition) is 3. The molecule has 0 saturated carbocycles. The quantitative estimate of drug-likeness (QED) is 0.873. The molecule has 1 aromatic carbocycles. The van der Waals surface area contributed by atoms with Crippen LogP contribution in [0.3, 0.4) is 0 Å². The van der Waals surface area contributed by atoms with Gasteiger partial charge in [-0.2, -0.15) is 13.2 Å². The van der Waals surface area contributed by atoms with Crippen molar-refractivity contribution < 1.29 is 26.0 Å². The lowest BCUT2D eigenvalue weighted by atomic mass is 10.2. The number of halogens is 4. The van der Waals surface area contributed by atoms with Gasteiger partial charge in [-0.05, 0) is 31.0 Å². The first-order chi connectivity index (χ1) is 9.20. The van der Waals surface area contributed by atoms with Gasteiger partial charge in [-0.1, -0.05) is 0 Å². The van der Waals surface area contributed by atoms with Crippen LogP contribution < -0.4 is 5.32 Å². The summed E-state index contributed by atoms with van der Waals surface area (Å²) >= 11 is 0. The summed E-state index contributed by atoms with van der Waals surface area (Å²) < 4.78 is 73.8. The molecule has 1 saturated heterocycles. The maximum Gasteiger partial charge on any atom is 0.416 e. The predicted octanol–water partition coefficient (Wildman–Crippen LogP) is 2.83. The minimum atomic E-state index is -4.60.